The first-order valence-electron chi connectivity index (χ1n) is 11.1. The molecule has 1 fully saturated rings. The number of nitrogens with zero attached hydrogens (tertiary/aromatic N) is 4. The topological polar surface area (TPSA) is 86.1 Å². The number of nitriles is 1. The van der Waals surface area contributed by atoms with Gasteiger partial charge in [-0.15, -0.1) is 0 Å². The quantitative estimate of drug-likeness (QED) is 0.641. The molecule has 32 heavy (non-hydrogen) atoms. The number of ether oxygens (including phenoxy) is 2. The van der Waals surface area contributed by atoms with E-state index >= 15 is 0 Å². The Balaban J connectivity index is 2.26. The zero-order valence-corrected chi connectivity index (χ0v) is 20.1. The van der Waals surface area contributed by atoms with E-state index in [0.29, 0.717) is 38.5 Å². The van der Waals surface area contributed by atoms with Crippen molar-refractivity contribution in [1.82, 2.24) is 14.7 Å². The van der Waals surface area contributed by atoms with E-state index in [9.17, 15) is 9.59 Å². The molecule has 1 aromatic rings. The van der Waals surface area contributed by atoms with E-state index in [1.54, 1.807) is 16.9 Å². The van der Waals surface area contributed by atoms with E-state index in [2.05, 4.69) is 11.0 Å². The van der Waals surface area contributed by atoms with Crippen LogP contribution < -0.4 is 4.74 Å². The zero-order valence-electron chi connectivity index (χ0n) is 20.1. The number of hydrogen-bond donors (Lipinski definition) is 0. The second kappa shape index (κ2) is 11.2. The van der Waals surface area contributed by atoms with Gasteiger partial charge < -0.3 is 19.3 Å². The summed E-state index contributed by atoms with van der Waals surface area (Å²) in [7, 11) is 1.62. The van der Waals surface area contributed by atoms with E-state index in [4.69, 9.17) is 14.7 Å². The number of hydrogen-bond acceptors (Lipinski definition) is 6. The monoisotopic (exact) mass is 444 g/mol. The Morgan fingerprint density at radius 1 is 1.28 bits per heavy atom. The average molecular weight is 445 g/mol. The maximum absolute atomic E-state index is 13.1. The molecule has 8 heteroatoms. The van der Waals surface area contributed by atoms with Crippen molar-refractivity contribution in [1.29, 1.82) is 5.26 Å². The molecule has 2 atom stereocenters. The van der Waals surface area contributed by atoms with Gasteiger partial charge in [0.05, 0.1) is 31.7 Å². The third-order valence-electron chi connectivity index (χ3n) is 5.43. The number of amides is 2. The molecule has 0 aromatic heterocycles. The highest BCUT2D eigenvalue weighted by Gasteiger charge is 2.35. The second-order valence-electron chi connectivity index (χ2n) is 9.12. The summed E-state index contributed by atoms with van der Waals surface area (Å²) in [5.74, 6) is 0.458. The summed E-state index contributed by atoms with van der Waals surface area (Å²) in [6.07, 6.45) is -0.360. The molecule has 0 radical (unpaired) electrons. The first-order chi connectivity index (χ1) is 15.1. The van der Waals surface area contributed by atoms with Crippen molar-refractivity contribution in [2.45, 2.75) is 46.3 Å². The average Bonchev–Trinajstić information content (AvgIpc) is 2.76. The van der Waals surface area contributed by atoms with E-state index in [1.165, 1.54) is 0 Å². The van der Waals surface area contributed by atoms with Crippen LogP contribution in [0.25, 0.3) is 0 Å². The number of benzene rings is 1. The molecule has 2 amide bonds. The molecule has 0 aliphatic carbocycles. The fourth-order valence-electron chi connectivity index (χ4n) is 3.79. The number of carbonyl (C=O) groups excluding carboxylic acids is 2. The third kappa shape index (κ3) is 6.86. The lowest BCUT2D eigenvalue weighted by atomic mass is 10.0. The molecule has 8 nitrogen and oxygen atoms in total. The Kier molecular flexibility index (Phi) is 8.90. The van der Waals surface area contributed by atoms with Crippen molar-refractivity contribution < 1.29 is 19.1 Å². The standard InChI is InChI=1S/C24H36N4O4/c1-7-26(15-18(2)14-25)22(29)17-27-12-13-28(23(30)32-24(3,4)5)16-20(27)19-10-8-9-11-21(19)31-6/h8-11,18,20H,7,12-13,15-17H2,1-6H3. The molecular formula is C24H36N4O4. The summed E-state index contributed by atoms with van der Waals surface area (Å²) < 4.78 is 11.1. The number of methoxy groups -OCH3 is 1. The minimum atomic E-state index is -0.580. The predicted molar refractivity (Wildman–Crippen MR) is 122 cm³/mol. The Bertz CT molecular complexity index is 830. The second-order valence-corrected chi connectivity index (χ2v) is 9.12. The summed E-state index contributed by atoms with van der Waals surface area (Å²) in [5, 5.41) is 9.13. The molecule has 1 aromatic carbocycles. The Hall–Kier alpha value is -2.79. The van der Waals surface area contributed by atoms with Crippen LogP contribution in [-0.2, 0) is 9.53 Å². The predicted octanol–water partition coefficient (Wildman–Crippen LogP) is 3.30. The molecule has 1 aliphatic heterocycles. The molecule has 1 saturated heterocycles. The number of likely N-dealkylation sites (N-methyl/N-ethyl adjacent to an activating group) is 1. The van der Waals surface area contributed by atoms with Crippen molar-refractivity contribution in [3.05, 3.63) is 29.8 Å². The van der Waals surface area contributed by atoms with Gasteiger partial charge in [-0.25, -0.2) is 4.79 Å². The van der Waals surface area contributed by atoms with Gasteiger partial charge in [0.25, 0.3) is 0 Å². The van der Waals surface area contributed by atoms with Crippen LogP contribution >= 0.6 is 0 Å². The molecule has 0 bridgehead atoms. The van der Waals surface area contributed by atoms with Crippen LogP contribution in [0.3, 0.4) is 0 Å². The van der Waals surface area contributed by atoms with Gasteiger partial charge in [0, 0.05) is 38.3 Å². The normalized spacial score (nSPS) is 17.9. The van der Waals surface area contributed by atoms with Gasteiger partial charge in [0.2, 0.25) is 5.91 Å². The van der Waals surface area contributed by atoms with Crippen molar-refractivity contribution in [3.8, 4) is 11.8 Å². The minimum Gasteiger partial charge on any atom is -0.496 e. The van der Waals surface area contributed by atoms with E-state index in [1.807, 2.05) is 58.9 Å². The molecule has 0 N–H and O–H groups in total. The zero-order chi connectivity index (χ0) is 23.9. The van der Waals surface area contributed by atoms with Gasteiger partial charge in [-0.05, 0) is 40.7 Å². The van der Waals surface area contributed by atoms with E-state index < -0.39 is 5.60 Å². The number of piperazine rings is 1. The lowest BCUT2D eigenvalue weighted by molar-refractivity contribution is -0.133. The SMILES string of the molecule is CCN(CC(C)C#N)C(=O)CN1CCN(C(=O)OC(C)(C)C)CC1c1ccccc1OC. The first kappa shape index (κ1) is 25.5. The summed E-state index contributed by atoms with van der Waals surface area (Å²) >= 11 is 0. The summed E-state index contributed by atoms with van der Waals surface area (Å²) in [5.41, 5.74) is 0.341. The first-order valence-corrected chi connectivity index (χ1v) is 11.1. The van der Waals surface area contributed by atoms with Gasteiger partial charge in [0.15, 0.2) is 0 Å². The van der Waals surface area contributed by atoms with Crippen LogP contribution in [0, 0.1) is 17.2 Å². The fourth-order valence-corrected chi connectivity index (χ4v) is 3.79. The Labute approximate surface area is 191 Å². The molecule has 0 saturated carbocycles. The molecule has 2 unspecified atom stereocenters. The fraction of sp³-hybridized carbons (Fsp3) is 0.625. The largest absolute Gasteiger partial charge is 0.496 e. The molecule has 0 spiro atoms. The van der Waals surface area contributed by atoms with E-state index in [0.717, 1.165) is 5.56 Å². The van der Waals surface area contributed by atoms with Crippen molar-refractivity contribution >= 4 is 12.0 Å². The maximum atomic E-state index is 13.1. The summed E-state index contributed by atoms with van der Waals surface area (Å²) in [6, 6.07) is 9.65. The summed E-state index contributed by atoms with van der Waals surface area (Å²) in [6.45, 7) is 11.8. The highest BCUT2D eigenvalue weighted by molar-refractivity contribution is 5.78. The van der Waals surface area contributed by atoms with Gasteiger partial charge >= 0.3 is 6.09 Å². The van der Waals surface area contributed by atoms with Gasteiger partial charge in [-0.3, -0.25) is 9.69 Å². The highest BCUT2D eigenvalue weighted by Crippen LogP contribution is 2.32. The lowest BCUT2D eigenvalue weighted by Gasteiger charge is -2.42. The van der Waals surface area contributed by atoms with Gasteiger partial charge in [-0.1, -0.05) is 18.2 Å². The van der Waals surface area contributed by atoms with Crippen LogP contribution in [0.1, 0.15) is 46.2 Å². The summed E-state index contributed by atoms with van der Waals surface area (Å²) in [4.78, 5) is 31.3. The van der Waals surface area contributed by atoms with Crippen LogP contribution in [0.5, 0.6) is 5.75 Å². The molecule has 1 aliphatic rings. The van der Waals surface area contributed by atoms with Crippen molar-refractivity contribution in [3.63, 3.8) is 0 Å². The number of para-hydroxylation sites is 1. The minimum absolute atomic E-state index is 0.0276. The van der Waals surface area contributed by atoms with Gasteiger partial charge in [0.1, 0.15) is 11.4 Å². The maximum Gasteiger partial charge on any atom is 0.410 e. The van der Waals surface area contributed by atoms with Crippen LogP contribution in [0.4, 0.5) is 4.79 Å². The third-order valence-corrected chi connectivity index (χ3v) is 5.43. The Morgan fingerprint density at radius 2 is 1.97 bits per heavy atom. The van der Waals surface area contributed by atoms with Gasteiger partial charge in [-0.2, -0.15) is 5.26 Å². The number of rotatable bonds is 7. The van der Waals surface area contributed by atoms with Crippen LogP contribution in [0.2, 0.25) is 0 Å². The molecular weight excluding hydrogens is 408 g/mol. The van der Waals surface area contributed by atoms with Crippen LogP contribution in [-0.4, -0.2) is 78.7 Å². The smallest absolute Gasteiger partial charge is 0.410 e. The molecule has 2 rings (SSSR count). The molecule has 176 valence electrons. The Morgan fingerprint density at radius 3 is 2.56 bits per heavy atom. The van der Waals surface area contributed by atoms with Crippen molar-refractivity contribution in [2.24, 2.45) is 5.92 Å². The van der Waals surface area contributed by atoms with Crippen LogP contribution in [0.15, 0.2) is 24.3 Å². The molecule has 1 heterocycles. The number of carbonyl (C=O) groups is 2. The lowest BCUT2D eigenvalue weighted by Crippen LogP contribution is -2.54. The van der Waals surface area contributed by atoms with E-state index in [-0.39, 0.29) is 30.5 Å². The highest BCUT2D eigenvalue weighted by atomic mass is 16.6. The van der Waals surface area contributed by atoms with Crippen molar-refractivity contribution in [2.75, 3.05) is 46.4 Å².